The Labute approximate surface area is 126 Å². The summed E-state index contributed by atoms with van der Waals surface area (Å²) in [7, 11) is 0. The maximum atomic E-state index is 9.00. The van der Waals surface area contributed by atoms with E-state index < -0.39 is 12.3 Å². The van der Waals surface area contributed by atoms with Crippen molar-refractivity contribution in [2.45, 2.75) is 45.8 Å². The molecule has 0 aliphatic heterocycles. The van der Waals surface area contributed by atoms with Gasteiger partial charge in [0.2, 0.25) is 0 Å². The summed E-state index contributed by atoms with van der Waals surface area (Å²) in [5.41, 5.74) is 15.7. The van der Waals surface area contributed by atoms with Crippen LogP contribution in [0.1, 0.15) is 39.7 Å². The van der Waals surface area contributed by atoms with Gasteiger partial charge in [0.25, 0.3) is 5.97 Å². The van der Waals surface area contributed by atoms with E-state index in [2.05, 4.69) is 48.6 Å². The second kappa shape index (κ2) is 9.10. The van der Waals surface area contributed by atoms with Crippen molar-refractivity contribution in [3.63, 3.8) is 0 Å². The molecule has 0 saturated carbocycles. The van der Waals surface area contributed by atoms with Gasteiger partial charge in [0.1, 0.15) is 6.29 Å². The van der Waals surface area contributed by atoms with Crippen LogP contribution in [0, 0.1) is 0 Å². The van der Waals surface area contributed by atoms with Crippen molar-refractivity contribution < 1.29 is 9.90 Å². The van der Waals surface area contributed by atoms with Gasteiger partial charge in [-0.25, -0.2) is 0 Å². The molecule has 0 saturated heterocycles. The second-order valence-electron chi connectivity index (χ2n) is 5.45. The number of carboxylic acids is 1. The molecule has 1 aromatic rings. The lowest BCUT2D eigenvalue weighted by molar-refractivity contribution is -0.134. The Kier molecular flexibility index (Phi) is 8.26. The number of nitrogens with zero attached hydrogens (tertiary/aromatic N) is 1. The molecule has 118 valence electrons. The van der Waals surface area contributed by atoms with E-state index in [0.717, 1.165) is 19.1 Å². The highest BCUT2D eigenvalue weighted by Crippen LogP contribution is 2.26. The first-order valence-corrected chi connectivity index (χ1v) is 6.70. The smallest absolute Gasteiger partial charge is 0.300 e. The van der Waals surface area contributed by atoms with Crippen LogP contribution in [0.5, 0.6) is 0 Å². The lowest BCUT2D eigenvalue weighted by Crippen LogP contribution is -2.42. The van der Waals surface area contributed by atoms with E-state index in [1.54, 1.807) is 0 Å². The van der Waals surface area contributed by atoms with Crippen LogP contribution in [0.4, 0.5) is 0 Å². The van der Waals surface area contributed by atoms with Crippen LogP contribution in [-0.4, -0.2) is 23.1 Å². The number of rotatable bonds is 5. The SMILES string of the molecule is CC(=O)O.CC(CC(C)(C)c1ccccc1)=NNC(N)N. The van der Waals surface area contributed by atoms with Gasteiger partial charge < -0.3 is 5.11 Å². The monoisotopic (exact) mass is 294 g/mol. The van der Waals surface area contributed by atoms with E-state index in [4.69, 9.17) is 21.4 Å². The number of aliphatic carboxylic acids is 1. The number of hydrogen-bond acceptors (Lipinski definition) is 5. The summed E-state index contributed by atoms with van der Waals surface area (Å²) in [5.74, 6) is -0.833. The van der Waals surface area contributed by atoms with E-state index >= 15 is 0 Å². The van der Waals surface area contributed by atoms with Crippen molar-refractivity contribution >= 4 is 11.7 Å². The fourth-order valence-electron chi connectivity index (χ4n) is 1.86. The van der Waals surface area contributed by atoms with Gasteiger partial charge in [0, 0.05) is 12.6 Å². The molecule has 21 heavy (non-hydrogen) atoms. The number of carbonyl (C=O) groups is 1. The van der Waals surface area contributed by atoms with Crippen LogP contribution in [0.3, 0.4) is 0 Å². The van der Waals surface area contributed by atoms with Crippen LogP contribution < -0.4 is 16.9 Å². The number of benzene rings is 1. The number of carboxylic acid groups (broad SMARTS) is 1. The van der Waals surface area contributed by atoms with Crippen LogP contribution in [0.25, 0.3) is 0 Å². The van der Waals surface area contributed by atoms with Crippen molar-refractivity contribution in [3.8, 4) is 0 Å². The van der Waals surface area contributed by atoms with E-state index in [9.17, 15) is 0 Å². The van der Waals surface area contributed by atoms with Crippen molar-refractivity contribution in [2.75, 3.05) is 0 Å². The first-order valence-electron chi connectivity index (χ1n) is 6.70. The molecule has 0 aliphatic rings. The van der Waals surface area contributed by atoms with Crippen molar-refractivity contribution in [1.29, 1.82) is 0 Å². The highest BCUT2D eigenvalue weighted by molar-refractivity contribution is 5.83. The minimum absolute atomic E-state index is 0.0508. The molecule has 0 bridgehead atoms. The molecular formula is C15H26N4O2. The molecule has 0 heterocycles. The van der Waals surface area contributed by atoms with Crippen LogP contribution in [-0.2, 0) is 10.2 Å². The predicted octanol–water partition coefficient (Wildman–Crippen LogP) is 1.61. The van der Waals surface area contributed by atoms with Gasteiger partial charge in [-0.1, -0.05) is 44.2 Å². The van der Waals surface area contributed by atoms with Crippen LogP contribution >= 0.6 is 0 Å². The van der Waals surface area contributed by atoms with Crippen molar-refractivity contribution in [1.82, 2.24) is 5.43 Å². The van der Waals surface area contributed by atoms with Crippen LogP contribution in [0.2, 0.25) is 0 Å². The molecule has 0 atom stereocenters. The number of nitrogens with one attached hydrogen (secondary N) is 1. The third-order valence-corrected chi connectivity index (χ3v) is 2.66. The number of hydrogen-bond donors (Lipinski definition) is 4. The molecule has 0 radical (unpaired) electrons. The van der Waals surface area contributed by atoms with Gasteiger partial charge >= 0.3 is 0 Å². The fourth-order valence-corrected chi connectivity index (χ4v) is 1.86. The Morgan fingerprint density at radius 2 is 1.76 bits per heavy atom. The summed E-state index contributed by atoms with van der Waals surface area (Å²) in [6, 6.07) is 10.4. The van der Waals surface area contributed by atoms with Gasteiger partial charge in [-0.05, 0) is 24.3 Å². The molecule has 0 aliphatic carbocycles. The number of nitrogens with two attached hydrogens (primary N) is 2. The molecule has 1 aromatic carbocycles. The van der Waals surface area contributed by atoms with Gasteiger partial charge in [0.15, 0.2) is 0 Å². The molecule has 1 rings (SSSR count). The lowest BCUT2D eigenvalue weighted by Gasteiger charge is -2.25. The normalized spacial score (nSPS) is 11.7. The number of hydrazone groups is 1. The summed E-state index contributed by atoms with van der Waals surface area (Å²) in [5, 5.41) is 11.6. The Morgan fingerprint density at radius 3 is 2.19 bits per heavy atom. The summed E-state index contributed by atoms with van der Waals surface area (Å²) < 4.78 is 0. The van der Waals surface area contributed by atoms with E-state index in [1.807, 2.05) is 13.0 Å². The highest BCUT2D eigenvalue weighted by Gasteiger charge is 2.21. The summed E-state index contributed by atoms with van der Waals surface area (Å²) in [4.78, 5) is 9.00. The minimum atomic E-state index is -0.833. The lowest BCUT2D eigenvalue weighted by atomic mass is 9.80. The second-order valence-corrected chi connectivity index (χ2v) is 5.45. The zero-order valence-electron chi connectivity index (χ0n) is 13.1. The van der Waals surface area contributed by atoms with Crippen molar-refractivity contribution in [2.24, 2.45) is 16.6 Å². The highest BCUT2D eigenvalue weighted by atomic mass is 16.4. The minimum Gasteiger partial charge on any atom is -0.481 e. The average Bonchev–Trinajstić information content (AvgIpc) is 2.36. The molecule has 0 amide bonds. The molecule has 0 spiro atoms. The third kappa shape index (κ3) is 9.59. The topological polar surface area (TPSA) is 114 Å². The van der Waals surface area contributed by atoms with E-state index in [1.165, 1.54) is 5.56 Å². The Hall–Kier alpha value is -1.92. The largest absolute Gasteiger partial charge is 0.481 e. The Morgan fingerprint density at radius 1 is 1.29 bits per heavy atom. The van der Waals surface area contributed by atoms with E-state index in [-0.39, 0.29) is 5.41 Å². The standard InChI is InChI=1S/C13H22N4.C2H4O2/c1-10(16-17-12(14)15)9-13(2,3)11-7-5-4-6-8-11;1-2(3)4/h4-8,12,17H,9,14-15H2,1-3H3;1H3,(H,3,4). The van der Waals surface area contributed by atoms with Gasteiger partial charge in [-0.2, -0.15) is 5.10 Å². The Bertz CT molecular complexity index is 452. The summed E-state index contributed by atoms with van der Waals surface area (Å²) in [6.45, 7) is 7.45. The average molecular weight is 294 g/mol. The summed E-state index contributed by atoms with van der Waals surface area (Å²) in [6.07, 6.45) is 0.251. The predicted molar refractivity (Wildman–Crippen MR) is 85.8 cm³/mol. The van der Waals surface area contributed by atoms with Gasteiger partial charge in [-0.3, -0.25) is 21.7 Å². The molecule has 6 nitrogen and oxygen atoms in total. The molecule has 0 unspecified atom stereocenters. The molecular weight excluding hydrogens is 268 g/mol. The maximum Gasteiger partial charge on any atom is 0.300 e. The van der Waals surface area contributed by atoms with Crippen LogP contribution in [0.15, 0.2) is 35.4 Å². The molecule has 0 fully saturated rings. The first-order chi connectivity index (χ1) is 9.65. The van der Waals surface area contributed by atoms with E-state index in [0.29, 0.717) is 0 Å². The zero-order chi connectivity index (χ0) is 16.5. The van der Waals surface area contributed by atoms with Gasteiger partial charge in [-0.15, -0.1) is 0 Å². The summed E-state index contributed by atoms with van der Waals surface area (Å²) >= 11 is 0. The Balaban J connectivity index is 0.000000885. The van der Waals surface area contributed by atoms with Crippen molar-refractivity contribution in [3.05, 3.63) is 35.9 Å². The van der Waals surface area contributed by atoms with Gasteiger partial charge in [0.05, 0.1) is 0 Å². The third-order valence-electron chi connectivity index (χ3n) is 2.66. The molecule has 6 heteroatoms. The quantitative estimate of drug-likeness (QED) is 0.374. The maximum absolute atomic E-state index is 9.00. The first kappa shape index (κ1) is 19.1. The molecule has 0 aromatic heterocycles. The fraction of sp³-hybridized carbons (Fsp3) is 0.467. The zero-order valence-corrected chi connectivity index (χ0v) is 13.1. The molecule has 6 N–H and O–H groups in total.